The fourth-order valence-electron chi connectivity index (χ4n) is 1.99. The summed E-state index contributed by atoms with van der Waals surface area (Å²) in [5, 5.41) is 22.6. The molecule has 1 heterocycles. The fraction of sp³-hybridized carbons (Fsp3) is 0.333. The summed E-state index contributed by atoms with van der Waals surface area (Å²) < 4.78 is 0. The van der Waals surface area contributed by atoms with Gasteiger partial charge in [-0.05, 0) is 18.2 Å². The van der Waals surface area contributed by atoms with E-state index in [0.29, 0.717) is 12.2 Å². The number of rotatable bonds is 4. The molecule has 1 saturated heterocycles. The van der Waals surface area contributed by atoms with Gasteiger partial charge in [-0.1, -0.05) is 11.6 Å². The first-order valence-corrected chi connectivity index (χ1v) is 7.46. The van der Waals surface area contributed by atoms with Crippen LogP contribution in [0.1, 0.15) is 16.8 Å². The first kappa shape index (κ1) is 15.6. The number of hydrogen-bond acceptors (Lipinski definition) is 5. The second-order valence-corrected chi connectivity index (χ2v) is 6.14. The highest BCUT2D eigenvalue weighted by atomic mass is 35.5. The van der Waals surface area contributed by atoms with Gasteiger partial charge in [-0.3, -0.25) is 14.9 Å². The number of carbonyl (C=O) groups is 2. The van der Waals surface area contributed by atoms with E-state index >= 15 is 0 Å². The molecule has 0 aliphatic carbocycles. The molecule has 112 valence electrons. The number of nitrogens with zero attached hydrogens (tertiary/aromatic N) is 1. The van der Waals surface area contributed by atoms with Crippen molar-refractivity contribution in [2.45, 2.75) is 12.0 Å². The van der Waals surface area contributed by atoms with Crippen LogP contribution in [0.25, 0.3) is 0 Å². The van der Waals surface area contributed by atoms with E-state index in [1.165, 1.54) is 17.8 Å². The van der Waals surface area contributed by atoms with Gasteiger partial charge >= 0.3 is 5.97 Å². The minimum atomic E-state index is -1.33. The zero-order valence-corrected chi connectivity index (χ0v) is 12.2. The Kier molecular flexibility index (Phi) is 4.38. The molecule has 0 spiro atoms. The number of hydrogen-bond donors (Lipinski definition) is 2. The summed E-state index contributed by atoms with van der Waals surface area (Å²) in [7, 11) is 0. The van der Waals surface area contributed by atoms with E-state index in [1.54, 1.807) is 0 Å². The smallest absolute Gasteiger partial charge is 0.330 e. The molecule has 7 nitrogen and oxygen atoms in total. The molecule has 21 heavy (non-hydrogen) atoms. The monoisotopic (exact) mass is 330 g/mol. The average molecular weight is 331 g/mol. The number of carbonyl (C=O) groups excluding carboxylic acids is 1. The summed E-state index contributed by atoms with van der Waals surface area (Å²) in [4.78, 5) is 33.6. The molecule has 0 radical (unpaired) electrons. The summed E-state index contributed by atoms with van der Waals surface area (Å²) in [6.45, 7) is 0. The molecule has 2 N–H and O–H groups in total. The molecule has 2 rings (SSSR count). The minimum Gasteiger partial charge on any atom is -0.479 e. The van der Waals surface area contributed by atoms with E-state index in [0.717, 1.165) is 12.1 Å². The Morgan fingerprint density at radius 3 is 2.67 bits per heavy atom. The summed E-state index contributed by atoms with van der Waals surface area (Å²) in [5.74, 6) is -0.915. The lowest BCUT2D eigenvalue weighted by Gasteiger charge is -2.24. The summed E-state index contributed by atoms with van der Waals surface area (Å²) in [6.07, 6.45) is 0.307. The molecule has 0 bridgehead atoms. The van der Waals surface area contributed by atoms with Gasteiger partial charge in [0.05, 0.1) is 4.92 Å². The average Bonchev–Trinajstić information content (AvgIpc) is 2.87. The lowest BCUT2D eigenvalue weighted by atomic mass is 9.98. The standard InChI is InChI=1S/C12H11ClN2O5S/c13-8-3-7(4-9(5-8)15(19)20)10(16)14-12(11(17)18)1-2-21-6-12/h3-5H,1-2,6H2,(H,14,16)(H,17,18). The SMILES string of the molecule is O=C(NC1(C(=O)O)CCSC1)c1cc(Cl)cc([N+](=O)[O-])c1. The van der Waals surface area contributed by atoms with Crippen LogP contribution in [0, 0.1) is 10.1 Å². The highest BCUT2D eigenvalue weighted by molar-refractivity contribution is 7.99. The van der Waals surface area contributed by atoms with Crippen molar-refractivity contribution in [2.75, 3.05) is 11.5 Å². The first-order valence-electron chi connectivity index (χ1n) is 5.93. The van der Waals surface area contributed by atoms with Crippen molar-refractivity contribution in [1.29, 1.82) is 0 Å². The van der Waals surface area contributed by atoms with Gasteiger partial charge in [-0.15, -0.1) is 0 Å². The van der Waals surface area contributed by atoms with E-state index in [9.17, 15) is 24.8 Å². The summed E-state index contributed by atoms with van der Waals surface area (Å²) in [5.41, 5.74) is -1.69. The normalized spacial score (nSPS) is 21.0. The van der Waals surface area contributed by atoms with Crippen LogP contribution in [0.2, 0.25) is 5.02 Å². The Morgan fingerprint density at radius 1 is 1.43 bits per heavy atom. The number of nitrogens with one attached hydrogen (secondary N) is 1. The predicted octanol–water partition coefficient (Wildman–Crippen LogP) is 1.94. The van der Waals surface area contributed by atoms with Crippen molar-refractivity contribution < 1.29 is 19.6 Å². The van der Waals surface area contributed by atoms with Gasteiger partial charge in [0.25, 0.3) is 11.6 Å². The quantitative estimate of drug-likeness (QED) is 0.645. The van der Waals surface area contributed by atoms with Crippen molar-refractivity contribution in [3.8, 4) is 0 Å². The summed E-state index contributed by atoms with van der Waals surface area (Å²) in [6, 6.07) is 3.46. The van der Waals surface area contributed by atoms with E-state index in [4.69, 9.17) is 11.6 Å². The zero-order chi connectivity index (χ0) is 15.6. The highest BCUT2D eigenvalue weighted by Gasteiger charge is 2.43. The van der Waals surface area contributed by atoms with Crippen LogP contribution in [0.5, 0.6) is 0 Å². The number of carboxylic acids is 1. The molecule has 0 aromatic heterocycles. The molecule has 1 amide bonds. The second-order valence-electron chi connectivity index (χ2n) is 4.60. The number of nitro groups is 1. The van der Waals surface area contributed by atoms with Gasteiger partial charge in [0, 0.05) is 28.5 Å². The molecule has 1 fully saturated rings. The molecule has 0 saturated carbocycles. The third kappa shape index (κ3) is 3.27. The number of aliphatic carboxylic acids is 1. The number of non-ortho nitro benzene ring substituents is 1. The van der Waals surface area contributed by atoms with Gasteiger partial charge < -0.3 is 10.4 Å². The van der Waals surface area contributed by atoms with Crippen LogP contribution in [0.4, 0.5) is 5.69 Å². The molecule has 1 aliphatic heterocycles. The van der Waals surface area contributed by atoms with Gasteiger partial charge in [0.15, 0.2) is 0 Å². The van der Waals surface area contributed by atoms with Crippen molar-refractivity contribution in [3.05, 3.63) is 38.9 Å². The van der Waals surface area contributed by atoms with Crippen LogP contribution < -0.4 is 5.32 Å². The van der Waals surface area contributed by atoms with Gasteiger partial charge in [-0.25, -0.2) is 4.79 Å². The molecule has 1 unspecified atom stereocenters. The Morgan fingerprint density at radius 2 is 2.14 bits per heavy atom. The second kappa shape index (κ2) is 5.90. The maximum absolute atomic E-state index is 12.2. The van der Waals surface area contributed by atoms with Crippen LogP contribution in [-0.2, 0) is 4.79 Å². The lowest BCUT2D eigenvalue weighted by Crippen LogP contribution is -2.54. The van der Waals surface area contributed by atoms with Gasteiger partial charge in [0.2, 0.25) is 0 Å². The van der Waals surface area contributed by atoms with Crippen LogP contribution in [0.15, 0.2) is 18.2 Å². The van der Waals surface area contributed by atoms with E-state index < -0.39 is 22.3 Å². The molecule has 1 aromatic carbocycles. The fourth-order valence-corrected chi connectivity index (χ4v) is 3.54. The zero-order valence-electron chi connectivity index (χ0n) is 10.7. The topological polar surface area (TPSA) is 110 Å². The highest BCUT2D eigenvalue weighted by Crippen LogP contribution is 2.29. The number of amides is 1. The number of halogens is 1. The predicted molar refractivity (Wildman–Crippen MR) is 77.9 cm³/mol. The molecule has 1 atom stereocenters. The van der Waals surface area contributed by atoms with Crippen molar-refractivity contribution in [3.63, 3.8) is 0 Å². The van der Waals surface area contributed by atoms with Crippen LogP contribution >= 0.6 is 23.4 Å². The van der Waals surface area contributed by atoms with Crippen LogP contribution in [-0.4, -0.2) is 39.0 Å². The summed E-state index contributed by atoms with van der Waals surface area (Å²) >= 11 is 7.18. The van der Waals surface area contributed by atoms with Crippen molar-refractivity contribution in [2.24, 2.45) is 0 Å². The molecule has 1 aliphatic rings. The Hall–Kier alpha value is -1.80. The molecular formula is C12H11ClN2O5S. The molecule has 1 aromatic rings. The number of nitro benzene ring substituents is 1. The van der Waals surface area contributed by atoms with Crippen molar-refractivity contribution in [1.82, 2.24) is 5.32 Å². The third-order valence-corrected chi connectivity index (χ3v) is 4.55. The Bertz CT molecular complexity index is 616. The van der Waals surface area contributed by atoms with E-state index in [-0.39, 0.29) is 22.0 Å². The lowest BCUT2D eigenvalue weighted by molar-refractivity contribution is -0.384. The Balaban J connectivity index is 2.28. The minimum absolute atomic E-state index is 0.0354. The number of thioether (sulfide) groups is 1. The van der Waals surface area contributed by atoms with Crippen LogP contribution in [0.3, 0.4) is 0 Å². The number of carboxylic acid groups (broad SMARTS) is 1. The van der Waals surface area contributed by atoms with Crippen molar-refractivity contribution >= 4 is 40.9 Å². The molecular weight excluding hydrogens is 320 g/mol. The van der Waals surface area contributed by atoms with Gasteiger partial charge in [0.1, 0.15) is 5.54 Å². The maximum atomic E-state index is 12.2. The third-order valence-electron chi connectivity index (χ3n) is 3.14. The van der Waals surface area contributed by atoms with E-state index in [2.05, 4.69) is 5.32 Å². The largest absolute Gasteiger partial charge is 0.479 e. The Labute approximate surface area is 128 Å². The number of benzene rings is 1. The molecule has 9 heteroatoms. The maximum Gasteiger partial charge on any atom is 0.330 e. The van der Waals surface area contributed by atoms with E-state index in [1.807, 2.05) is 0 Å². The van der Waals surface area contributed by atoms with Gasteiger partial charge in [-0.2, -0.15) is 11.8 Å². The first-order chi connectivity index (χ1) is 9.84.